The van der Waals surface area contributed by atoms with E-state index in [2.05, 4.69) is 22.2 Å². The fraction of sp³-hybridized carbons (Fsp3) is 0.462. The third-order valence-electron chi connectivity index (χ3n) is 3.47. The summed E-state index contributed by atoms with van der Waals surface area (Å²) in [4.78, 5) is 16.6. The first kappa shape index (κ1) is 12.7. The highest BCUT2D eigenvalue weighted by Gasteiger charge is 2.25. The lowest BCUT2D eigenvalue weighted by atomic mass is 10.00. The van der Waals surface area contributed by atoms with E-state index < -0.39 is 0 Å². The van der Waals surface area contributed by atoms with E-state index in [-0.39, 0.29) is 17.3 Å². The normalized spacial score (nSPS) is 13.8. The van der Waals surface area contributed by atoms with Crippen molar-refractivity contribution >= 4 is 16.7 Å². The molecule has 3 N–H and O–H groups in total. The molecule has 0 saturated carbocycles. The summed E-state index contributed by atoms with van der Waals surface area (Å²) in [5.74, 6) is 0. The number of ether oxygens (including phenoxy) is 1. The molecule has 0 aliphatic heterocycles. The summed E-state index contributed by atoms with van der Waals surface area (Å²) in [6.45, 7) is 6.12. The van der Waals surface area contributed by atoms with Gasteiger partial charge in [0.05, 0.1) is 22.7 Å². The summed E-state index contributed by atoms with van der Waals surface area (Å²) < 4.78 is 5.44. The number of H-pyrrole nitrogens is 2. The maximum absolute atomic E-state index is 11.2. The number of rotatable bonds is 4. The lowest BCUT2D eigenvalue weighted by Crippen LogP contribution is -2.41. The molecule has 1 atom stereocenters. The third kappa shape index (κ3) is 2.41. The molecular weight excluding hydrogens is 230 g/mol. The van der Waals surface area contributed by atoms with Crippen molar-refractivity contribution in [3.8, 4) is 0 Å². The molecular formula is C13H19N3O2. The van der Waals surface area contributed by atoms with Crippen LogP contribution in [0.5, 0.6) is 0 Å². The number of benzene rings is 1. The molecule has 1 unspecified atom stereocenters. The summed E-state index contributed by atoms with van der Waals surface area (Å²) in [5.41, 5.74) is 2.11. The molecule has 5 heteroatoms. The van der Waals surface area contributed by atoms with Gasteiger partial charge in [-0.25, -0.2) is 4.79 Å². The van der Waals surface area contributed by atoms with Gasteiger partial charge in [-0.05, 0) is 39.0 Å². The van der Waals surface area contributed by atoms with Crippen LogP contribution < -0.4 is 11.0 Å². The molecule has 0 aliphatic rings. The predicted molar refractivity (Wildman–Crippen MR) is 73.1 cm³/mol. The van der Waals surface area contributed by atoms with Crippen LogP contribution in [0.25, 0.3) is 11.0 Å². The van der Waals surface area contributed by atoms with Gasteiger partial charge in [0, 0.05) is 12.8 Å². The summed E-state index contributed by atoms with van der Waals surface area (Å²) in [6, 6.07) is 5.87. The molecule has 1 aromatic heterocycles. The molecule has 0 fully saturated rings. The first-order valence-electron chi connectivity index (χ1n) is 5.96. The molecule has 2 aromatic rings. The number of imidazole rings is 1. The average Bonchev–Trinajstić information content (AvgIpc) is 2.68. The molecule has 1 heterocycles. The van der Waals surface area contributed by atoms with Crippen LogP contribution in [0.3, 0.4) is 0 Å². The van der Waals surface area contributed by atoms with Crippen LogP contribution >= 0.6 is 0 Å². The van der Waals surface area contributed by atoms with Gasteiger partial charge in [0.25, 0.3) is 0 Å². The summed E-state index contributed by atoms with van der Waals surface area (Å²) >= 11 is 0. The van der Waals surface area contributed by atoms with Crippen LogP contribution in [0, 0.1) is 0 Å². The minimum atomic E-state index is -0.263. The molecule has 2 rings (SSSR count). The molecule has 18 heavy (non-hydrogen) atoms. The van der Waals surface area contributed by atoms with E-state index in [9.17, 15) is 4.79 Å². The van der Waals surface area contributed by atoms with Crippen LogP contribution in [0.15, 0.2) is 23.0 Å². The van der Waals surface area contributed by atoms with Crippen molar-refractivity contribution in [1.29, 1.82) is 0 Å². The Labute approximate surface area is 106 Å². The third-order valence-corrected chi connectivity index (χ3v) is 3.47. The number of anilines is 1. The number of methoxy groups -OCH3 is 1. The van der Waals surface area contributed by atoms with Gasteiger partial charge in [0.15, 0.2) is 0 Å². The van der Waals surface area contributed by atoms with Gasteiger partial charge in [-0.15, -0.1) is 0 Å². The minimum absolute atomic E-state index is 0.144. The van der Waals surface area contributed by atoms with Crippen molar-refractivity contribution < 1.29 is 4.74 Å². The molecule has 0 bridgehead atoms. The van der Waals surface area contributed by atoms with E-state index in [0.29, 0.717) is 0 Å². The monoisotopic (exact) mass is 249 g/mol. The van der Waals surface area contributed by atoms with E-state index in [4.69, 9.17) is 4.74 Å². The smallest absolute Gasteiger partial charge is 0.323 e. The molecule has 0 radical (unpaired) electrons. The van der Waals surface area contributed by atoms with Crippen molar-refractivity contribution in [2.24, 2.45) is 0 Å². The van der Waals surface area contributed by atoms with E-state index in [0.717, 1.165) is 16.7 Å². The van der Waals surface area contributed by atoms with E-state index >= 15 is 0 Å². The highest BCUT2D eigenvalue weighted by molar-refractivity contribution is 5.78. The van der Waals surface area contributed by atoms with Gasteiger partial charge in [-0.2, -0.15) is 0 Å². The summed E-state index contributed by atoms with van der Waals surface area (Å²) in [7, 11) is 1.70. The molecule has 0 spiro atoms. The Morgan fingerprint density at radius 1 is 1.28 bits per heavy atom. The second-order valence-electron chi connectivity index (χ2n) is 5.01. The second-order valence-corrected chi connectivity index (χ2v) is 5.01. The maximum atomic E-state index is 11.2. The number of hydrogen-bond acceptors (Lipinski definition) is 3. The molecule has 0 saturated heterocycles. The Bertz CT molecular complexity index is 598. The molecule has 98 valence electrons. The van der Waals surface area contributed by atoms with Crippen LogP contribution in [0.2, 0.25) is 0 Å². The highest BCUT2D eigenvalue weighted by Crippen LogP contribution is 2.20. The Morgan fingerprint density at radius 3 is 2.61 bits per heavy atom. The fourth-order valence-electron chi connectivity index (χ4n) is 1.72. The van der Waals surface area contributed by atoms with Gasteiger partial charge < -0.3 is 20.0 Å². The number of aromatic amines is 2. The maximum Gasteiger partial charge on any atom is 0.323 e. The van der Waals surface area contributed by atoms with E-state index in [1.807, 2.05) is 32.0 Å². The zero-order valence-corrected chi connectivity index (χ0v) is 11.1. The molecule has 0 aliphatic carbocycles. The highest BCUT2D eigenvalue weighted by atomic mass is 16.5. The fourth-order valence-corrected chi connectivity index (χ4v) is 1.72. The Morgan fingerprint density at radius 2 is 1.94 bits per heavy atom. The van der Waals surface area contributed by atoms with Crippen molar-refractivity contribution in [2.75, 3.05) is 12.4 Å². The predicted octanol–water partition coefficient (Wildman–Crippen LogP) is 2.08. The van der Waals surface area contributed by atoms with Gasteiger partial charge >= 0.3 is 5.69 Å². The summed E-state index contributed by atoms with van der Waals surface area (Å²) in [5, 5.41) is 3.37. The van der Waals surface area contributed by atoms with Crippen molar-refractivity contribution in [1.82, 2.24) is 9.97 Å². The van der Waals surface area contributed by atoms with Gasteiger partial charge in [0.1, 0.15) is 0 Å². The van der Waals surface area contributed by atoms with Crippen LogP contribution in [0.1, 0.15) is 20.8 Å². The average molecular weight is 249 g/mol. The van der Waals surface area contributed by atoms with E-state index in [1.54, 1.807) is 7.11 Å². The quantitative estimate of drug-likeness (QED) is 0.777. The molecule has 5 nitrogen and oxygen atoms in total. The van der Waals surface area contributed by atoms with Crippen LogP contribution in [-0.4, -0.2) is 28.7 Å². The SMILES string of the molecule is COC(C)(C)C(C)Nc1ccc2[nH]c(=O)[nH]c2c1. The van der Waals surface area contributed by atoms with Gasteiger partial charge in [0.2, 0.25) is 0 Å². The molecule has 0 amide bonds. The first-order chi connectivity index (χ1) is 8.42. The lowest BCUT2D eigenvalue weighted by molar-refractivity contribution is 0.0107. The van der Waals surface area contributed by atoms with Crippen LogP contribution in [0.4, 0.5) is 5.69 Å². The zero-order valence-electron chi connectivity index (χ0n) is 11.1. The Kier molecular flexibility index (Phi) is 3.17. The number of hydrogen-bond donors (Lipinski definition) is 3. The second kappa shape index (κ2) is 4.49. The largest absolute Gasteiger partial charge is 0.380 e. The number of fused-ring (bicyclic) bond motifs is 1. The standard InChI is InChI=1S/C13H19N3O2/c1-8(13(2,3)18-4)14-9-5-6-10-11(7-9)16-12(17)15-10/h5-8,14H,1-4H3,(H2,15,16,17). The first-order valence-corrected chi connectivity index (χ1v) is 5.96. The van der Waals surface area contributed by atoms with Crippen molar-refractivity contribution in [3.05, 3.63) is 28.7 Å². The zero-order chi connectivity index (χ0) is 13.3. The van der Waals surface area contributed by atoms with Crippen molar-refractivity contribution in [2.45, 2.75) is 32.4 Å². The lowest BCUT2D eigenvalue weighted by Gasteiger charge is -2.31. The number of aromatic nitrogens is 2. The van der Waals surface area contributed by atoms with Gasteiger partial charge in [-0.1, -0.05) is 0 Å². The Balaban J connectivity index is 2.24. The van der Waals surface area contributed by atoms with Gasteiger partial charge in [-0.3, -0.25) is 0 Å². The summed E-state index contributed by atoms with van der Waals surface area (Å²) in [6.07, 6.45) is 0. The number of nitrogens with one attached hydrogen (secondary N) is 3. The minimum Gasteiger partial charge on any atom is -0.380 e. The Hall–Kier alpha value is -1.75. The molecule has 1 aromatic carbocycles. The topological polar surface area (TPSA) is 69.9 Å². The van der Waals surface area contributed by atoms with Crippen LogP contribution in [-0.2, 0) is 4.74 Å². The van der Waals surface area contributed by atoms with E-state index in [1.165, 1.54) is 0 Å². The van der Waals surface area contributed by atoms with Crippen molar-refractivity contribution in [3.63, 3.8) is 0 Å².